The van der Waals surface area contributed by atoms with E-state index in [0.717, 1.165) is 17.4 Å². The fourth-order valence-electron chi connectivity index (χ4n) is 1.96. The van der Waals surface area contributed by atoms with Gasteiger partial charge in [0, 0.05) is 29.5 Å². The molecule has 94 valence electrons. The van der Waals surface area contributed by atoms with E-state index in [1.165, 1.54) is 11.1 Å². The molecule has 1 heterocycles. The Hall–Kier alpha value is -1.19. The Morgan fingerprint density at radius 1 is 1.22 bits per heavy atom. The van der Waals surface area contributed by atoms with Gasteiger partial charge in [0.25, 0.3) is 0 Å². The van der Waals surface area contributed by atoms with Crippen molar-refractivity contribution in [3.63, 3.8) is 0 Å². The molecule has 2 rings (SSSR count). The van der Waals surface area contributed by atoms with Gasteiger partial charge in [-0.3, -0.25) is 4.98 Å². The van der Waals surface area contributed by atoms with Crippen molar-refractivity contribution in [3.05, 3.63) is 64.4 Å². The van der Waals surface area contributed by atoms with Crippen molar-refractivity contribution >= 4 is 15.9 Å². The molecule has 1 unspecified atom stereocenters. The first-order chi connectivity index (χ1) is 8.79. The first-order valence-electron chi connectivity index (χ1n) is 6.17. The molecule has 1 aromatic carbocycles. The van der Waals surface area contributed by atoms with Crippen LogP contribution in [0.3, 0.4) is 0 Å². The maximum absolute atomic E-state index is 4.03. The second-order valence-electron chi connectivity index (χ2n) is 4.25. The minimum absolute atomic E-state index is 0.385. The number of pyridine rings is 1. The Bertz CT molecular complexity index is 485. The average Bonchev–Trinajstić information content (AvgIpc) is 2.41. The molecule has 0 fully saturated rings. The molecular weight excluding hydrogens is 288 g/mol. The van der Waals surface area contributed by atoms with Gasteiger partial charge in [0.15, 0.2) is 0 Å². The number of nitrogens with zero attached hydrogens (tertiary/aromatic N) is 1. The van der Waals surface area contributed by atoms with Crippen molar-refractivity contribution in [1.82, 2.24) is 10.3 Å². The van der Waals surface area contributed by atoms with Gasteiger partial charge in [-0.2, -0.15) is 0 Å². The van der Waals surface area contributed by atoms with Crippen LogP contribution in [0, 0.1) is 0 Å². The lowest BCUT2D eigenvalue weighted by atomic mass is 10.0. The molecule has 0 amide bonds. The molecule has 3 heteroatoms. The van der Waals surface area contributed by atoms with Gasteiger partial charge in [0.05, 0.1) is 0 Å². The van der Waals surface area contributed by atoms with Gasteiger partial charge in [0.1, 0.15) is 0 Å². The zero-order valence-corrected chi connectivity index (χ0v) is 12.0. The smallest absolute Gasteiger partial charge is 0.0321 e. The maximum Gasteiger partial charge on any atom is 0.0321 e. The minimum Gasteiger partial charge on any atom is -0.306 e. The third-order valence-corrected chi connectivity index (χ3v) is 3.45. The van der Waals surface area contributed by atoms with E-state index in [4.69, 9.17) is 0 Å². The first-order valence-corrected chi connectivity index (χ1v) is 6.96. The molecule has 0 bridgehead atoms. The van der Waals surface area contributed by atoms with Crippen molar-refractivity contribution in [1.29, 1.82) is 0 Å². The normalized spacial score (nSPS) is 12.3. The van der Waals surface area contributed by atoms with E-state index in [9.17, 15) is 0 Å². The molecule has 0 aliphatic heterocycles. The van der Waals surface area contributed by atoms with Gasteiger partial charge in [-0.1, -0.05) is 35.0 Å². The largest absolute Gasteiger partial charge is 0.306 e. The summed E-state index contributed by atoms with van der Waals surface area (Å²) in [6.45, 7) is 3.07. The lowest BCUT2D eigenvalue weighted by Crippen LogP contribution is -2.20. The van der Waals surface area contributed by atoms with Crippen LogP contribution in [0.15, 0.2) is 53.3 Å². The van der Waals surface area contributed by atoms with Crippen LogP contribution in [-0.2, 0) is 6.54 Å². The molecule has 1 aromatic heterocycles. The van der Waals surface area contributed by atoms with Gasteiger partial charge in [-0.15, -0.1) is 0 Å². The Morgan fingerprint density at radius 2 is 2.00 bits per heavy atom. The van der Waals surface area contributed by atoms with Crippen LogP contribution in [0.4, 0.5) is 0 Å². The molecule has 0 aliphatic carbocycles. The summed E-state index contributed by atoms with van der Waals surface area (Å²) < 4.78 is 1.13. The van der Waals surface area contributed by atoms with Gasteiger partial charge in [-0.05, 0) is 41.8 Å². The highest BCUT2D eigenvalue weighted by Crippen LogP contribution is 2.21. The van der Waals surface area contributed by atoms with Crippen molar-refractivity contribution < 1.29 is 0 Å². The summed E-state index contributed by atoms with van der Waals surface area (Å²) in [6, 6.07) is 12.9. The molecule has 0 radical (unpaired) electrons. The van der Waals surface area contributed by atoms with Crippen LogP contribution in [0.1, 0.15) is 30.5 Å². The number of benzene rings is 1. The van der Waals surface area contributed by atoms with Crippen molar-refractivity contribution in [2.24, 2.45) is 0 Å². The van der Waals surface area contributed by atoms with Gasteiger partial charge >= 0.3 is 0 Å². The molecule has 0 saturated heterocycles. The number of halogens is 1. The summed E-state index contributed by atoms with van der Waals surface area (Å²) in [6.07, 6.45) is 4.73. The lowest BCUT2D eigenvalue weighted by Gasteiger charge is -2.17. The average molecular weight is 305 g/mol. The third-order valence-electron chi connectivity index (χ3n) is 2.96. The molecule has 0 saturated carbocycles. The molecule has 2 aromatic rings. The molecule has 0 aliphatic rings. The van der Waals surface area contributed by atoms with E-state index in [1.807, 2.05) is 24.5 Å². The molecular formula is C15H17BrN2. The van der Waals surface area contributed by atoms with Gasteiger partial charge in [-0.25, -0.2) is 0 Å². The summed E-state index contributed by atoms with van der Waals surface area (Å²) in [5, 5.41) is 3.58. The van der Waals surface area contributed by atoms with E-state index < -0.39 is 0 Å². The van der Waals surface area contributed by atoms with Crippen LogP contribution in [-0.4, -0.2) is 4.98 Å². The molecule has 2 nitrogen and oxygen atoms in total. The van der Waals surface area contributed by atoms with E-state index in [2.05, 4.69) is 57.4 Å². The second-order valence-corrected chi connectivity index (χ2v) is 5.17. The van der Waals surface area contributed by atoms with Crippen molar-refractivity contribution in [2.75, 3.05) is 0 Å². The van der Waals surface area contributed by atoms with Crippen LogP contribution in [0.25, 0.3) is 0 Å². The zero-order chi connectivity index (χ0) is 12.8. The van der Waals surface area contributed by atoms with Crippen molar-refractivity contribution in [2.45, 2.75) is 25.9 Å². The second kappa shape index (κ2) is 6.66. The van der Waals surface area contributed by atoms with Crippen LogP contribution >= 0.6 is 15.9 Å². The Kier molecular flexibility index (Phi) is 4.90. The summed E-state index contributed by atoms with van der Waals surface area (Å²) in [7, 11) is 0. The SMILES string of the molecule is CCC(NCc1ccncc1)c1cccc(Br)c1. The van der Waals surface area contributed by atoms with E-state index >= 15 is 0 Å². The highest BCUT2D eigenvalue weighted by Gasteiger charge is 2.08. The predicted octanol–water partition coefficient (Wildman–Crippen LogP) is 4.09. The summed E-state index contributed by atoms with van der Waals surface area (Å²) in [5.74, 6) is 0. The number of aromatic nitrogens is 1. The minimum atomic E-state index is 0.385. The highest BCUT2D eigenvalue weighted by molar-refractivity contribution is 9.10. The summed E-state index contributed by atoms with van der Waals surface area (Å²) >= 11 is 3.52. The molecule has 1 N–H and O–H groups in total. The molecule has 0 spiro atoms. The monoisotopic (exact) mass is 304 g/mol. The van der Waals surface area contributed by atoms with Crippen LogP contribution in [0.2, 0.25) is 0 Å². The Labute approximate surface area is 117 Å². The van der Waals surface area contributed by atoms with Gasteiger partial charge < -0.3 is 5.32 Å². The number of hydrogen-bond acceptors (Lipinski definition) is 2. The van der Waals surface area contributed by atoms with Crippen molar-refractivity contribution in [3.8, 4) is 0 Å². The van der Waals surface area contributed by atoms with E-state index in [-0.39, 0.29) is 0 Å². The number of rotatable bonds is 5. The number of nitrogens with one attached hydrogen (secondary N) is 1. The fourth-order valence-corrected chi connectivity index (χ4v) is 2.38. The standard InChI is InChI=1S/C15H17BrN2/c1-2-15(13-4-3-5-14(16)10-13)18-11-12-6-8-17-9-7-12/h3-10,15,18H,2,11H2,1H3. The zero-order valence-electron chi connectivity index (χ0n) is 10.4. The van der Waals surface area contributed by atoms with Crippen LogP contribution < -0.4 is 5.32 Å². The van der Waals surface area contributed by atoms with Crippen LogP contribution in [0.5, 0.6) is 0 Å². The quantitative estimate of drug-likeness (QED) is 0.900. The van der Waals surface area contributed by atoms with E-state index in [1.54, 1.807) is 0 Å². The first kappa shape index (κ1) is 13.2. The Balaban J connectivity index is 2.02. The summed E-state index contributed by atoms with van der Waals surface area (Å²) in [4.78, 5) is 4.03. The molecule has 18 heavy (non-hydrogen) atoms. The fraction of sp³-hybridized carbons (Fsp3) is 0.267. The predicted molar refractivity (Wildman–Crippen MR) is 78.3 cm³/mol. The summed E-state index contributed by atoms with van der Waals surface area (Å²) in [5.41, 5.74) is 2.58. The van der Waals surface area contributed by atoms with Gasteiger partial charge in [0.2, 0.25) is 0 Å². The molecule has 1 atom stereocenters. The highest BCUT2D eigenvalue weighted by atomic mass is 79.9. The third kappa shape index (κ3) is 3.65. The Morgan fingerprint density at radius 3 is 2.67 bits per heavy atom. The maximum atomic E-state index is 4.03. The lowest BCUT2D eigenvalue weighted by molar-refractivity contribution is 0.518. The number of hydrogen-bond donors (Lipinski definition) is 1. The topological polar surface area (TPSA) is 24.9 Å². The van der Waals surface area contributed by atoms with E-state index in [0.29, 0.717) is 6.04 Å².